The van der Waals surface area contributed by atoms with Crippen LogP contribution in [0, 0.1) is 6.92 Å². The summed E-state index contributed by atoms with van der Waals surface area (Å²) in [7, 11) is -1.49. The number of sulfone groups is 1. The van der Waals surface area contributed by atoms with Gasteiger partial charge in [-0.1, -0.05) is 12.1 Å². The van der Waals surface area contributed by atoms with Crippen LogP contribution in [0.4, 0.5) is 0 Å². The van der Waals surface area contributed by atoms with E-state index in [0.717, 1.165) is 21.8 Å². The van der Waals surface area contributed by atoms with Crippen molar-refractivity contribution >= 4 is 56.1 Å². The molecule has 0 atom stereocenters. The first-order valence-corrected chi connectivity index (χ1v) is 10.8. The fourth-order valence-electron chi connectivity index (χ4n) is 2.68. The summed E-state index contributed by atoms with van der Waals surface area (Å²) in [6.07, 6.45) is 5.19. The third kappa shape index (κ3) is 5.42. The lowest BCUT2D eigenvalue weighted by molar-refractivity contribution is 0.601. The number of imidazole rings is 1. The second-order valence-electron chi connectivity index (χ2n) is 5.98. The molecule has 0 radical (unpaired) electrons. The van der Waals surface area contributed by atoms with Crippen LogP contribution in [-0.4, -0.2) is 37.1 Å². The first-order chi connectivity index (χ1) is 12.4. The number of nitrogens with zero attached hydrogens (tertiary/aromatic N) is 3. The summed E-state index contributed by atoms with van der Waals surface area (Å²) in [6, 6.07) is 5.34. The van der Waals surface area contributed by atoms with E-state index in [4.69, 9.17) is 0 Å². The Kier molecular flexibility index (Phi) is 7.23. The third-order valence-corrected chi connectivity index (χ3v) is 5.93. The molecule has 2 aromatic heterocycles. The van der Waals surface area contributed by atoms with Gasteiger partial charge in [0.05, 0.1) is 17.1 Å². The van der Waals surface area contributed by atoms with E-state index in [1.54, 1.807) is 31.4 Å². The van der Waals surface area contributed by atoms with Crippen molar-refractivity contribution in [2.24, 2.45) is 4.99 Å². The number of aryl methyl sites for hydroxylation is 1. The van der Waals surface area contributed by atoms with Gasteiger partial charge in [0.1, 0.15) is 0 Å². The number of benzene rings is 1. The highest BCUT2D eigenvalue weighted by Gasteiger charge is 2.11. The summed E-state index contributed by atoms with van der Waals surface area (Å²) in [5.74, 6) is 0.659. The Balaban J connectivity index is 0.00000261. The Morgan fingerprint density at radius 3 is 2.67 bits per heavy atom. The molecule has 1 aromatic carbocycles. The lowest BCUT2D eigenvalue weighted by Gasteiger charge is -2.12. The summed E-state index contributed by atoms with van der Waals surface area (Å²) in [5.41, 5.74) is 2.67. The van der Waals surface area contributed by atoms with Crippen molar-refractivity contribution < 1.29 is 8.42 Å². The number of thiazole rings is 1. The Labute approximate surface area is 179 Å². The van der Waals surface area contributed by atoms with Crippen molar-refractivity contribution in [2.45, 2.75) is 24.9 Å². The number of guanidine groups is 1. The van der Waals surface area contributed by atoms with Crippen LogP contribution in [0.15, 0.2) is 45.9 Å². The molecule has 0 saturated carbocycles. The van der Waals surface area contributed by atoms with Crippen molar-refractivity contribution in [1.82, 2.24) is 20.0 Å². The van der Waals surface area contributed by atoms with Gasteiger partial charge in [-0.05, 0) is 24.1 Å². The van der Waals surface area contributed by atoms with Crippen LogP contribution in [0.3, 0.4) is 0 Å². The number of rotatable bonds is 5. The zero-order valence-corrected chi connectivity index (χ0v) is 19.2. The Bertz CT molecular complexity index is 1030. The van der Waals surface area contributed by atoms with Crippen LogP contribution < -0.4 is 10.6 Å². The topological polar surface area (TPSA) is 87.9 Å². The van der Waals surface area contributed by atoms with Crippen LogP contribution in [0.5, 0.6) is 0 Å². The summed E-state index contributed by atoms with van der Waals surface area (Å²) in [4.78, 5) is 10.1. The van der Waals surface area contributed by atoms with Gasteiger partial charge in [-0.25, -0.2) is 13.4 Å². The molecule has 0 aliphatic carbocycles. The van der Waals surface area contributed by atoms with Crippen molar-refractivity contribution in [3.8, 4) is 0 Å². The Morgan fingerprint density at radius 1 is 1.30 bits per heavy atom. The van der Waals surface area contributed by atoms with E-state index in [0.29, 0.717) is 23.9 Å². The van der Waals surface area contributed by atoms with Crippen molar-refractivity contribution in [2.75, 3.05) is 13.3 Å². The zero-order chi connectivity index (χ0) is 18.7. The maximum absolute atomic E-state index is 11.7. The monoisotopic (exact) mass is 519 g/mol. The highest BCUT2D eigenvalue weighted by Crippen LogP contribution is 2.16. The lowest BCUT2D eigenvalue weighted by atomic mass is 10.1. The Hall–Kier alpha value is -1.66. The number of nitrogens with one attached hydrogen (secondary N) is 2. The van der Waals surface area contributed by atoms with Gasteiger partial charge in [0.2, 0.25) is 0 Å². The molecule has 10 heteroatoms. The summed E-state index contributed by atoms with van der Waals surface area (Å²) in [6.45, 7) is 2.92. The van der Waals surface area contributed by atoms with E-state index in [1.165, 1.54) is 6.26 Å². The number of hydrogen-bond donors (Lipinski definition) is 2. The molecule has 3 aromatic rings. The summed E-state index contributed by atoms with van der Waals surface area (Å²) < 4.78 is 25.4. The smallest absolute Gasteiger partial charge is 0.193 e. The highest BCUT2D eigenvalue weighted by atomic mass is 127. The molecular weight excluding hydrogens is 497 g/mol. The number of aromatic nitrogens is 2. The molecule has 0 aliphatic heterocycles. The standard InChI is InChI=1S/C17H21N5O2S2.HI/c1-12-8-13(4-5-15(12)26(3,23)24)9-19-16(18-2)20-10-14-11-22-6-7-25-17(22)21-14;/h4-8,11H,9-10H2,1-3H3,(H2,18,19,20);1H. The fourth-order valence-corrected chi connectivity index (χ4v) is 4.36. The van der Waals surface area contributed by atoms with Gasteiger partial charge in [-0.15, -0.1) is 35.3 Å². The number of hydrogen-bond acceptors (Lipinski definition) is 5. The van der Waals surface area contributed by atoms with E-state index in [9.17, 15) is 8.42 Å². The molecule has 2 heterocycles. The first-order valence-electron chi connectivity index (χ1n) is 8.02. The molecule has 0 unspecified atom stereocenters. The van der Waals surface area contributed by atoms with Crippen LogP contribution in [0.1, 0.15) is 16.8 Å². The normalized spacial score (nSPS) is 12.0. The maximum atomic E-state index is 11.7. The van der Waals surface area contributed by atoms with Crippen LogP contribution in [-0.2, 0) is 22.9 Å². The summed E-state index contributed by atoms with van der Waals surface area (Å²) >= 11 is 1.60. The molecule has 3 rings (SSSR count). The number of halogens is 1. The van der Waals surface area contributed by atoms with Crippen LogP contribution >= 0.6 is 35.3 Å². The minimum atomic E-state index is -3.20. The predicted molar refractivity (Wildman–Crippen MR) is 120 cm³/mol. The molecule has 0 saturated heterocycles. The molecule has 0 fully saturated rings. The predicted octanol–water partition coefficient (Wildman–Crippen LogP) is 2.59. The van der Waals surface area contributed by atoms with Crippen molar-refractivity contribution in [1.29, 1.82) is 0 Å². The average Bonchev–Trinajstić information content (AvgIpc) is 3.15. The molecule has 27 heavy (non-hydrogen) atoms. The molecule has 7 nitrogen and oxygen atoms in total. The molecular formula is C17H22IN5O2S2. The molecule has 0 amide bonds. The Morgan fingerprint density at radius 2 is 2.04 bits per heavy atom. The first kappa shape index (κ1) is 21.6. The van der Waals surface area contributed by atoms with Crippen molar-refractivity contribution in [3.63, 3.8) is 0 Å². The highest BCUT2D eigenvalue weighted by molar-refractivity contribution is 14.0. The van der Waals surface area contributed by atoms with E-state index in [2.05, 4.69) is 20.6 Å². The SMILES string of the molecule is CN=C(NCc1ccc(S(C)(=O)=O)c(C)c1)NCc1cn2ccsc2n1.I. The minimum Gasteiger partial charge on any atom is -0.352 e. The largest absolute Gasteiger partial charge is 0.352 e. The number of aliphatic imine (C=N–C) groups is 1. The summed E-state index contributed by atoms with van der Waals surface area (Å²) in [5, 5.41) is 8.45. The van der Waals surface area contributed by atoms with Crippen LogP contribution in [0.25, 0.3) is 4.96 Å². The van der Waals surface area contributed by atoms with E-state index >= 15 is 0 Å². The van der Waals surface area contributed by atoms with Gasteiger partial charge < -0.3 is 10.6 Å². The van der Waals surface area contributed by atoms with E-state index in [-0.39, 0.29) is 24.0 Å². The molecule has 0 aliphatic rings. The molecule has 146 valence electrons. The van der Waals surface area contributed by atoms with Gasteiger partial charge >= 0.3 is 0 Å². The second kappa shape index (κ2) is 9.02. The van der Waals surface area contributed by atoms with Crippen molar-refractivity contribution in [3.05, 3.63) is 52.8 Å². The van der Waals surface area contributed by atoms with Gasteiger partial charge in [0, 0.05) is 37.6 Å². The minimum absolute atomic E-state index is 0. The quantitative estimate of drug-likeness (QED) is 0.308. The van der Waals surface area contributed by atoms with E-state index in [1.807, 2.05) is 34.3 Å². The number of fused-ring (bicyclic) bond motifs is 1. The third-order valence-electron chi connectivity index (χ3n) is 3.90. The van der Waals surface area contributed by atoms with Gasteiger partial charge in [-0.2, -0.15) is 0 Å². The lowest BCUT2D eigenvalue weighted by Crippen LogP contribution is -2.36. The van der Waals surface area contributed by atoms with Crippen LogP contribution in [0.2, 0.25) is 0 Å². The molecule has 0 bridgehead atoms. The average molecular weight is 519 g/mol. The molecule has 0 spiro atoms. The molecule has 2 N–H and O–H groups in total. The van der Waals surface area contributed by atoms with Gasteiger partial charge in [0.25, 0.3) is 0 Å². The zero-order valence-electron chi connectivity index (χ0n) is 15.3. The van der Waals surface area contributed by atoms with E-state index < -0.39 is 9.84 Å². The fraction of sp³-hybridized carbons (Fsp3) is 0.294. The van der Waals surface area contributed by atoms with Gasteiger partial charge in [-0.3, -0.25) is 9.39 Å². The second-order valence-corrected chi connectivity index (χ2v) is 8.83. The maximum Gasteiger partial charge on any atom is 0.193 e. The van der Waals surface area contributed by atoms with Gasteiger partial charge in [0.15, 0.2) is 20.8 Å².